The second-order valence-electron chi connectivity index (χ2n) is 7.21. The monoisotopic (exact) mass is 339 g/mol. The predicted molar refractivity (Wildman–Crippen MR) is 106 cm³/mol. The van der Waals surface area contributed by atoms with Crippen molar-refractivity contribution in [3.63, 3.8) is 0 Å². The maximum Gasteiger partial charge on any atom is 0.254 e. The molecule has 2 aliphatic rings. The molecule has 2 heteroatoms. The third-order valence-corrected chi connectivity index (χ3v) is 5.75. The number of carbonyl (C=O) groups excluding carboxylic acids is 1. The van der Waals surface area contributed by atoms with Crippen LogP contribution in [-0.2, 0) is 12.8 Å². The maximum absolute atomic E-state index is 13.2. The Morgan fingerprint density at radius 2 is 1.62 bits per heavy atom. The third-order valence-electron chi connectivity index (χ3n) is 5.75. The van der Waals surface area contributed by atoms with E-state index in [0.717, 1.165) is 36.8 Å². The molecule has 1 aliphatic carbocycles. The Hall–Kier alpha value is -2.87. The van der Waals surface area contributed by atoms with Crippen molar-refractivity contribution in [3.8, 4) is 0 Å². The number of hydrogen-bond donors (Lipinski definition) is 0. The molecular formula is C24H21NO. The van der Waals surface area contributed by atoms with Crippen molar-refractivity contribution in [2.45, 2.75) is 19.3 Å². The molecule has 0 bridgehead atoms. The molecule has 2 nitrogen and oxygen atoms in total. The zero-order valence-corrected chi connectivity index (χ0v) is 14.7. The second kappa shape index (κ2) is 6.14. The van der Waals surface area contributed by atoms with Crippen molar-refractivity contribution in [1.29, 1.82) is 0 Å². The topological polar surface area (TPSA) is 20.3 Å². The van der Waals surface area contributed by atoms with E-state index in [2.05, 4.69) is 54.6 Å². The Morgan fingerprint density at radius 3 is 2.38 bits per heavy atom. The molecule has 0 spiro atoms. The van der Waals surface area contributed by atoms with Gasteiger partial charge in [-0.2, -0.15) is 0 Å². The van der Waals surface area contributed by atoms with Crippen LogP contribution >= 0.6 is 0 Å². The zero-order chi connectivity index (χ0) is 17.5. The highest BCUT2D eigenvalue weighted by molar-refractivity contribution is 6.09. The molecule has 5 rings (SSSR count). The number of aryl methyl sites for hydroxylation is 2. The summed E-state index contributed by atoms with van der Waals surface area (Å²) in [7, 11) is 0. The van der Waals surface area contributed by atoms with Gasteiger partial charge < -0.3 is 4.90 Å². The fourth-order valence-corrected chi connectivity index (χ4v) is 4.37. The summed E-state index contributed by atoms with van der Waals surface area (Å²) in [5, 5.41) is 2.44. The van der Waals surface area contributed by atoms with E-state index in [9.17, 15) is 4.79 Å². The molecule has 0 unspecified atom stereocenters. The summed E-state index contributed by atoms with van der Waals surface area (Å²) in [6.07, 6.45) is 5.31. The second-order valence-corrected chi connectivity index (χ2v) is 7.21. The van der Waals surface area contributed by atoms with Crippen LogP contribution in [0.2, 0.25) is 0 Å². The fourth-order valence-electron chi connectivity index (χ4n) is 4.37. The molecule has 0 N–H and O–H groups in total. The highest BCUT2D eigenvalue weighted by Crippen LogP contribution is 2.33. The van der Waals surface area contributed by atoms with Gasteiger partial charge in [0.1, 0.15) is 0 Å². The van der Waals surface area contributed by atoms with E-state index in [0.29, 0.717) is 6.54 Å². The molecular weight excluding hydrogens is 318 g/mol. The lowest BCUT2D eigenvalue weighted by Crippen LogP contribution is -2.34. The largest absolute Gasteiger partial charge is 0.335 e. The minimum Gasteiger partial charge on any atom is -0.335 e. The highest BCUT2D eigenvalue weighted by atomic mass is 16.2. The number of amides is 1. The van der Waals surface area contributed by atoms with Crippen molar-refractivity contribution in [2.75, 3.05) is 13.1 Å². The average Bonchev–Trinajstić information content (AvgIpc) is 3.14. The molecule has 0 saturated carbocycles. The van der Waals surface area contributed by atoms with E-state index in [1.54, 1.807) is 0 Å². The first-order valence-corrected chi connectivity index (χ1v) is 9.38. The number of carbonyl (C=O) groups is 1. The van der Waals surface area contributed by atoms with Crippen molar-refractivity contribution < 1.29 is 4.79 Å². The minimum absolute atomic E-state index is 0.156. The van der Waals surface area contributed by atoms with Gasteiger partial charge in [0.15, 0.2) is 0 Å². The van der Waals surface area contributed by atoms with Gasteiger partial charge in [-0.25, -0.2) is 0 Å². The van der Waals surface area contributed by atoms with Gasteiger partial charge in [-0.3, -0.25) is 4.79 Å². The van der Waals surface area contributed by atoms with Crippen LogP contribution in [0.25, 0.3) is 16.3 Å². The van der Waals surface area contributed by atoms with Gasteiger partial charge in [0.25, 0.3) is 5.91 Å². The summed E-state index contributed by atoms with van der Waals surface area (Å²) in [5.74, 6) is 0.156. The number of nitrogens with zero attached hydrogens (tertiary/aromatic N) is 1. The molecule has 0 fully saturated rings. The summed E-state index contributed by atoms with van der Waals surface area (Å²) < 4.78 is 0. The van der Waals surface area contributed by atoms with Crippen LogP contribution in [0.15, 0.2) is 66.7 Å². The Morgan fingerprint density at radius 1 is 0.808 bits per heavy atom. The third kappa shape index (κ3) is 2.45. The molecule has 1 aliphatic heterocycles. The molecule has 1 amide bonds. The number of rotatable bonds is 2. The van der Waals surface area contributed by atoms with E-state index >= 15 is 0 Å². The molecule has 0 atom stereocenters. The van der Waals surface area contributed by atoms with Gasteiger partial charge in [0.05, 0.1) is 0 Å². The van der Waals surface area contributed by atoms with Crippen molar-refractivity contribution in [3.05, 3.63) is 89.0 Å². The SMILES string of the molecule is O=C(c1ccc2c3c(cccc13)CC2)N1CC=C(c2ccccc2)CC1. The molecule has 128 valence electrons. The lowest BCUT2D eigenvalue weighted by Gasteiger charge is -2.27. The summed E-state index contributed by atoms with van der Waals surface area (Å²) >= 11 is 0. The smallest absolute Gasteiger partial charge is 0.254 e. The Kier molecular flexibility index (Phi) is 3.63. The summed E-state index contributed by atoms with van der Waals surface area (Å²) in [4.78, 5) is 15.2. The Bertz CT molecular complexity index is 1020. The first-order valence-electron chi connectivity index (χ1n) is 9.38. The summed E-state index contributed by atoms with van der Waals surface area (Å²) in [6, 6.07) is 21.1. The van der Waals surface area contributed by atoms with Crippen molar-refractivity contribution in [2.24, 2.45) is 0 Å². The van der Waals surface area contributed by atoms with Gasteiger partial charge in [-0.1, -0.05) is 60.7 Å². The number of benzene rings is 3. The maximum atomic E-state index is 13.2. The van der Waals surface area contributed by atoms with Crippen LogP contribution in [0.1, 0.15) is 33.5 Å². The Balaban J connectivity index is 1.45. The molecule has 0 saturated heterocycles. The lowest BCUT2D eigenvalue weighted by atomic mass is 9.97. The van der Waals surface area contributed by atoms with Gasteiger partial charge in [0, 0.05) is 18.7 Å². The van der Waals surface area contributed by atoms with Crippen LogP contribution in [0.3, 0.4) is 0 Å². The van der Waals surface area contributed by atoms with E-state index in [1.165, 1.54) is 27.6 Å². The van der Waals surface area contributed by atoms with E-state index in [4.69, 9.17) is 0 Å². The van der Waals surface area contributed by atoms with Crippen LogP contribution in [-0.4, -0.2) is 23.9 Å². The van der Waals surface area contributed by atoms with Crippen LogP contribution < -0.4 is 0 Å². The molecule has 26 heavy (non-hydrogen) atoms. The first-order chi connectivity index (χ1) is 12.8. The van der Waals surface area contributed by atoms with Gasteiger partial charge >= 0.3 is 0 Å². The Labute approximate surface area is 153 Å². The van der Waals surface area contributed by atoms with Crippen molar-refractivity contribution in [1.82, 2.24) is 4.90 Å². The van der Waals surface area contributed by atoms with E-state index < -0.39 is 0 Å². The van der Waals surface area contributed by atoms with E-state index in [1.807, 2.05) is 17.0 Å². The highest BCUT2D eigenvalue weighted by Gasteiger charge is 2.23. The van der Waals surface area contributed by atoms with Gasteiger partial charge in [-0.05, 0) is 58.4 Å². The molecule has 0 radical (unpaired) electrons. The molecule has 3 aromatic carbocycles. The normalized spacial score (nSPS) is 16.0. The lowest BCUT2D eigenvalue weighted by molar-refractivity contribution is 0.0775. The first kappa shape index (κ1) is 15.4. The fraction of sp³-hybridized carbons (Fsp3) is 0.208. The predicted octanol–water partition coefficient (Wildman–Crippen LogP) is 4.87. The summed E-state index contributed by atoms with van der Waals surface area (Å²) in [6.45, 7) is 1.47. The van der Waals surface area contributed by atoms with Gasteiger partial charge in [-0.15, -0.1) is 0 Å². The average molecular weight is 339 g/mol. The van der Waals surface area contributed by atoms with Crippen LogP contribution in [0.5, 0.6) is 0 Å². The molecule has 3 aromatic rings. The number of hydrogen-bond acceptors (Lipinski definition) is 1. The van der Waals surface area contributed by atoms with Crippen molar-refractivity contribution >= 4 is 22.3 Å². The molecule has 1 heterocycles. The minimum atomic E-state index is 0.156. The standard InChI is InChI=1S/C24H21NO/c26-24(25-15-13-18(14-16-25)17-5-2-1-3-6-17)22-12-11-20-10-9-19-7-4-8-21(22)23(19)20/h1-8,11-13H,9-10,14-16H2. The van der Waals surface area contributed by atoms with Crippen LogP contribution in [0, 0.1) is 0 Å². The molecule has 0 aromatic heterocycles. The zero-order valence-electron chi connectivity index (χ0n) is 14.7. The van der Waals surface area contributed by atoms with Gasteiger partial charge in [0.2, 0.25) is 0 Å². The quantitative estimate of drug-likeness (QED) is 0.652. The van der Waals surface area contributed by atoms with Crippen LogP contribution in [0.4, 0.5) is 0 Å². The summed E-state index contributed by atoms with van der Waals surface area (Å²) in [5.41, 5.74) is 6.23. The van der Waals surface area contributed by atoms with E-state index in [-0.39, 0.29) is 5.91 Å².